The van der Waals surface area contributed by atoms with Gasteiger partial charge in [-0.25, -0.2) is 0 Å². The van der Waals surface area contributed by atoms with Crippen molar-refractivity contribution in [2.75, 3.05) is 39.5 Å². The summed E-state index contributed by atoms with van der Waals surface area (Å²) in [7, 11) is 0. The van der Waals surface area contributed by atoms with E-state index in [2.05, 4.69) is 50.0 Å². The highest BCUT2D eigenvalue weighted by atomic mass is 16.5. The van der Waals surface area contributed by atoms with Crippen molar-refractivity contribution < 1.29 is 9.47 Å². The summed E-state index contributed by atoms with van der Waals surface area (Å²) in [5.41, 5.74) is 3.71. The summed E-state index contributed by atoms with van der Waals surface area (Å²) in [4.78, 5) is 2.39. The van der Waals surface area contributed by atoms with Crippen LogP contribution < -0.4 is 4.74 Å². The fourth-order valence-corrected chi connectivity index (χ4v) is 2.60. The van der Waals surface area contributed by atoms with Gasteiger partial charge in [-0.2, -0.15) is 0 Å². The molecule has 0 N–H and O–H groups in total. The van der Waals surface area contributed by atoms with E-state index in [9.17, 15) is 0 Å². The third-order valence-corrected chi connectivity index (χ3v) is 3.56. The average molecular weight is 275 g/mol. The van der Waals surface area contributed by atoms with E-state index in [0.29, 0.717) is 6.61 Å². The lowest BCUT2D eigenvalue weighted by Gasteiger charge is -2.25. The first-order chi connectivity index (χ1) is 9.66. The third kappa shape index (κ3) is 4.36. The maximum atomic E-state index is 5.88. The first-order valence-electron chi connectivity index (χ1n) is 7.32. The minimum Gasteiger partial charge on any atom is -0.489 e. The van der Waals surface area contributed by atoms with Crippen molar-refractivity contribution in [1.29, 1.82) is 0 Å². The van der Waals surface area contributed by atoms with Crippen LogP contribution in [0.25, 0.3) is 0 Å². The second kappa shape index (κ2) is 7.46. The maximum absolute atomic E-state index is 5.88. The molecule has 0 saturated carbocycles. The first kappa shape index (κ1) is 15.1. The van der Waals surface area contributed by atoms with Crippen molar-refractivity contribution >= 4 is 0 Å². The summed E-state index contributed by atoms with van der Waals surface area (Å²) in [6.45, 7) is 11.7. The Morgan fingerprint density at radius 3 is 2.40 bits per heavy atom. The van der Waals surface area contributed by atoms with Crippen LogP contribution >= 0.6 is 0 Å². The van der Waals surface area contributed by atoms with Gasteiger partial charge in [-0.05, 0) is 31.9 Å². The number of benzene rings is 1. The largest absolute Gasteiger partial charge is 0.489 e. The van der Waals surface area contributed by atoms with Gasteiger partial charge in [0.05, 0.1) is 13.2 Å². The summed E-state index contributed by atoms with van der Waals surface area (Å²) in [6.07, 6.45) is 4.29. The summed E-state index contributed by atoms with van der Waals surface area (Å²) >= 11 is 0. The van der Waals surface area contributed by atoms with Crippen LogP contribution in [-0.2, 0) is 4.74 Å². The zero-order valence-corrected chi connectivity index (χ0v) is 12.8. The second-order valence-electron chi connectivity index (χ2n) is 5.42. The van der Waals surface area contributed by atoms with Crippen LogP contribution in [0.3, 0.4) is 0 Å². The Morgan fingerprint density at radius 1 is 1.10 bits per heavy atom. The van der Waals surface area contributed by atoms with E-state index >= 15 is 0 Å². The van der Waals surface area contributed by atoms with Gasteiger partial charge in [0, 0.05) is 19.6 Å². The highest BCUT2D eigenvalue weighted by molar-refractivity contribution is 5.43. The fourth-order valence-electron chi connectivity index (χ4n) is 2.60. The predicted molar refractivity (Wildman–Crippen MR) is 82.5 cm³/mol. The van der Waals surface area contributed by atoms with Crippen LogP contribution in [0.15, 0.2) is 24.3 Å². The third-order valence-electron chi connectivity index (χ3n) is 3.56. The Morgan fingerprint density at radius 2 is 1.75 bits per heavy atom. The minimum absolute atomic E-state index is 0.634. The van der Waals surface area contributed by atoms with Crippen molar-refractivity contribution in [3.05, 3.63) is 41.0 Å². The molecule has 1 heterocycles. The van der Waals surface area contributed by atoms with Crippen LogP contribution in [0, 0.1) is 20.8 Å². The van der Waals surface area contributed by atoms with Gasteiger partial charge in [0.1, 0.15) is 12.4 Å². The smallest absolute Gasteiger partial charge is 0.125 e. The molecule has 0 atom stereocenters. The van der Waals surface area contributed by atoms with Gasteiger partial charge in [0.15, 0.2) is 0 Å². The average Bonchev–Trinajstić information content (AvgIpc) is 2.42. The molecule has 0 aromatic heterocycles. The molecular weight excluding hydrogens is 250 g/mol. The molecule has 0 amide bonds. The molecule has 1 fully saturated rings. The van der Waals surface area contributed by atoms with Crippen molar-refractivity contribution in [3.8, 4) is 5.75 Å². The lowest BCUT2D eigenvalue weighted by Crippen LogP contribution is -2.36. The number of hydrogen-bond acceptors (Lipinski definition) is 3. The van der Waals surface area contributed by atoms with Crippen molar-refractivity contribution in [3.63, 3.8) is 0 Å². The number of hydrogen-bond donors (Lipinski definition) is 0. The Kier molecular flexibility index (Phi) is 5.62. The molecule has 110 valence electrons. The number of aryl methyl sites for hydroxylation is 3. The van der Waals surface area contributed by atoms with E-state index in [1.807, 2.05) is 0 Å². The van der Waals surface area contributed by atoms with Gasteiger partial charge in [0.25, 0.3) is 0 Å². The van der Waals surface area contributed by atoms with E-state index in [-0.39, 0.29) is 0 Å². The Hall–Kier alpha value is -1.32. The van der Waals surface area contributed by atoms with E-state index in [4.69, 9.17) is 9.47 Å². The quantitative estimate of drug-likeness (QED) is 0.771. The molecular formula is C17H25NO2. The van der Waals surface area contributed by atoms with Crippen LogP contribution in [0.5, 0.6) is 5.75 Å². The number of rotatable bonds is 5. The molecule has 1 saturated heterocycles. The molecule has 0 spiro atoms. The lowest BCUT2D eigenvalue weighted by atomic mass is 10.1. The number of morpholine rings is 1. The number of ether oxygens (including phenoxy) is 2. The molecule has 0 aliphatic carbocycles. The highest BCUT2D eigenvalue weighted by Gasteiger charge is 2.07. The van der Waals surface area contributed by atoms with Gasteiger partial charge in [0.2, 0.25) is 0 Å². The summed E-state index contributed by atoms with van der Waals surface area (Å²) in [5.74, 6) is 1.02. The minimum atomic E-state index is 0.634. The summed E-state index contributed by atoms with van der Waals surface area (Å²) in [6, 6.07) is 4.33. The van der Waals surface area contributed by atoms with Crippen LogP contribution in [0.2, 0.25) is 0 Å². The second-order valence-corrected chi connectivity index (χ2v) is 5.42. The highest BCUT2D eigenvalue weighted by Crippen LogP contribution is 2.24. The normalized spacial score (nSPS) is 16.8. The van der Waals surface area contributed by atoms with E-state index in [0.717, 1.165) is 38.6 Å². The molecule has 1 aliphatic heterocycles. The standard InChI is InChI=1S/C17H25NO2/c1-14-12-15(2)17(16(3)13-14)20-9-5-4-6-18-7-10-19-11-8-18/h4-5,12-13H,6-11H2,1-3H3/b5-4+. The molecule has 1 aromatic carbocycles. The zero-order valence-electron chi connectivity index (χ0n) is 12.8. The topological polar surface area (TPSA) is 21.7 Å². The molecule has 0 radical (unpaired) electrons. The van der Waals surface area contributed by atoms with Crippen molar-refractivity contribution in [2.45, 2.75) is 20.8 Å². The van der Waals surface area contributed by atoms with Crippen LogP contribution in [-0.4, -0.2) is 44.4 Å². The van der Waals surface area contributed by atoms with E-state index in [1.54, 1.807) is 0 Å². The van der Waals surface area contributed by atoms with E-state index in [1.165, 1.54) is 16.7 Å². The predicted octanol–water partition coefficient (Wildman–Crippen LogP) is 2.88. The van der Waals surface area contributed by atoms with Crippen LogP contribution in [0.1, 0.15) is 16.7 Å². The Balaban J connectivity index is 1.78. The molecule has 1 aromatic rings. The van der Waals surface area contributed by atoms with Crippen molar-refractivity contribution in [2.24, 2.45) is 0 Å². The van der Waals surface area contributed by atoms with Crippen molar-refractivity contribution in [1.82, 2.24) is 4.90 Å². The van der Waals surface area contributed by atoms with Gasteiger partial charge in [-0.1, -0.05) is 29.8 Å². The molecule has 2 rings (SSSR count). The van der Waals surface area contributed by atoms with E-state index < -0.39 is 0 Å². The lowest BCUT2D eigenvalue weighted by molar-refractivity contribution is 0.0434. The van der Waals surface area contributed by atoms with Gasteiger partial charge < -0.3 is 9.47 Å². The first-order valence-corrected chi connectivity index (χ1v) is 7.32. The fraction of sp³-hybridized carbons (Fsp3) is 0.529. The summed E-state index contributed by atoms with van der Waals surface area (Å²) < 4.78 is 11.2. The monoisotopic (exact) mass is 275 g/mol. The molecule has 20 heavy (non-hydrogen) atoms. The van der Waals surface area contributed by atoms with Gasteiger partial charge in [-0.3, -0.25) is 4.90 Å². The van der Waals surface area contributed by atoms with Gasteiger partial charge >= 0.3 is 0 Å². The number of nitrogens with zero attached hydrogens (tertiary/aromatic N) is 1. The Bertz CT molecular complexity index is 439. The SMILES string of the molecule is Cc1cc(C)c(OC/C=C/CN2CCOCC2)c(C)c1. The molecule has 0 unspecified atom stereocenters. The molecule has 3 heteroatoms. The molecule has 1 aliphatic rings. The summed E-state index contributed by atoms with van der Waals surface area (Å²) in [5, 5.41) is 0. The van der Waals surface area contributed by atoms with Gasteiger partial charge in [-0.15, -0.1) is 0 Å². The maximum Gasteiger partial charge on any atom is 0.125 e. The van der Waals surface area contributed by atoms with Crippen LogP contribution in [0.4, 0.5) is 0 Å². The zero-order chi connectivity index (χ0) is 14.4. The molecule has 3 nitrogen and oxygen atoms in total. The molecule has 0 bridgehead atoms. The Labute approximate surface area is 122 Å².